The van der Waals surface area contributed by atoms with Crippen LogP contribution in [0.2, 0.25) is 5.02 Å². The van der Waals surface area contributed by atoms with E-state index in [0.717, 1.165) is 5.56 Å². The molecule has 0 bridgehead atoms. The van der Waals surface area contributed by atoms with Crippen LogP contribution in [0.3, 0.4) is 0 Å². The predicted octanol–water partition coefficient (Wildman–Crippen LogP) is 2.56. The minimum atomic E-state index is -0.152. The minimum absolute atomic E-state index is 0.0658. The number of amides is 1. The van der Waals surface area contributed by atoms with Crippen molar-refractivity contribution in [2.45, 2.75) is 31.1 Å². The van der Waals surface area contributed by atoms with Crippen molar-refractivity contribution in [3.63, 3.8) is 0 Å². The lowest BCUT2D eigenvalue weighted by molar-refractivity contribution is -0.121. The van der Waals surface area contributed by atoms with Crippen LogP contribution in [0.1, 0.15) is 23.6 Å². The molecule has 1 aliphatic rings. The summed E-state index contributed by atoms with van der Waals surface area (Å²) >= 11 is 7.58. The number of halogens is 1. The summed E-state index contributed by atoms with van der Waals surface area (Å²) in [5.74, 6) is 0.586. The molecule has 3 rings (SSSR count). The van der Waals surface area contributed by atoms with Crippen molar-refractivity contribution in [2.24, 2.45) is 0 Å². The molecule has 1 atom stereocenters. The average molecular weight is 350 g/mol. The summed E-state index contributed by atoms with van der Waals surface area (Å²) in [6.45, 7) is 2.12. The molecule has 0 fully saturated rings. The molecule has 120 valence electrons. The summed E-state index contributed by atoms with van der Waals surface area (Å²) < 4.78 is 1.63. The third kappa shape index (κ3) is 3.43. The largest absolute Gasteiger partial charge is 0.352 e. The summed E-state index contributed by atoms with van der Waals surface area (Å²) in [6, 6.07) is 7.25. The van der Waals surface area contributed by atoms with Crippen LogP contribution < -0.4 is 10.9 Å². The maximum Gasteiger partial charge on any atom is 0.257 e. The molecule has 0 spiro atoms. The van der Waals surface area contributed by atoms with Crippen LogP contribution in [-0.2, 0) is 11.3 Å². The van der Waals surface area contributed by atoms with Crippen molar-refractivity contribution in [2.75, 3.05) is 5.75 Å². The van der Waals surface area contributed by atoms with Crippen LogP contribution in [0.25, 0.3) is 0 Å². The van der Waals surface area contributed by atoms with Gasteiger partial charge in [0.2, 0.25) is 5.91 Å². The van der Waals surface area contributed by atoms with E-state index in [1.165, 1.54) is 11.8 Å². The van der Waals surface area contributed by atoms with Crippen LogP contribution in [0.5, 0.6) is 0 Å². The van der Waals surface area contributed by atoms with Crippen molar-refractivity contribution in [3.05, 3.63) is 57.0 Å². The number of aromatic nitrogens is 2. The molecule has 1 amide bonds. The molecule has 1 aromatic carbocycles. The summed E-state index contributed by atoms with van der Waals surface area (Å²) in [7, 11) is 0. The van der Waals surface area contributed by atoms with E-state index in [9.17, 15) is 9.59 Å². The first-order valence-corrected chi connectivity index (χ1v) is 8.63. The summed E-state index contributed by atoms with van der Waals surface area (Å²) in [5.41, 5.74) is 1.40. The van der Waals surface area contributed by atoms with Crippen LogP contribution in [0.4, 0.5) is 0 Å². The smallest absolute Gasteiger partial charge is 0.257 e. The monoisotopic (exact) mass is 349 g/mol. The second-order valence-electron chi connectivity index (χ2n) is 5.44. The van der Waals surface area contributed by atoms with Crippen molar-refractivity contribution in [3.8, 4) is 0 Å². The first kappa shape index (κ1) is 16.1. The van der Waals surface area contributed by atoms with Gasteiger partial charge in [0.15, 0.2) is 5.16 Å². The zero-order valence-electron chi connectivity index (χ0n) is 12.6. The maximum atomic E-state index is 12.2. The molecule has 1 aliphatic heterocycles. The fraction of sp³-hybridized carbons (Fsp3) is 0.312. The second-order valence-corrected chi connectivity index (χ2v) is 6.83. The van der Waals surface area contributed by atoms with E-state index in [2.05, 4.69) is 10.3 Å². The number of nitrogens with zero attached hydrogens (tertiary/aromatic N) is 2. The number of carbonyl (C=O) groups excluding carboxylic acids is 1. The van der Waals surface area contributed by atoms with Gasteiger partial charge in [-0.3, -0.25) is 14.2 Å². The lowest BCUT2D eigenvalue weighted by Gasteiger charge is -2.14. The summed E-state index contributed by atoms with van der Waals surface area (Å²) in [5, 5.41) is 4.18. The molecule has 0 saturated heterocycles. The molecule has 0 aliphatic carbocycles. The summed E-state index contributed by atoms with van der Waals surface area (Å²) in [6.07, 6.45) is 1.84. The van der Waals surface area contributed by atoms with Crippen molar-refractivity contribution in [1.82, 2.24) is 14.9 Å². The number of nitrogens with one attached hydrogen (secondary N) is 1. The van der Waals surface area contributed by atoms with Crippen LogP contribution in [0, 0.1) is 6.92 Å². The number of benzene rings is 1. The van der Waals surface area contributed by atoms with E-state index in [0.29, 0.717) is 28.0 Å². The normalized spacial score (nSPS) is 16.2. The number of hydrogen-bond donors (Lipinski definition) is 1. The second kappa shape index (κ2) is 6.76. The van der Waals surface area contributed by atoms with E-state index >= 15 is 0 Å². The molecule has 0 saturated carbocycles. The van der Waals surface area contributed by atoms with Gasteiger partial charge >= 0.3 is 0 Å². The van der Waals surface area contributed by atoms with Gasteiger partial charge in [0.25, 0.3) is 5.56 Å². The van der Waals surface area contributed by atoms with Crippen molar-refractivity contribution < 1.29 is 4.79 Å². The van der Waals surface area contributed by atoms with Gasteiger partial charge < -0.3 is 5.32 Å². The predicted molar refractivity (Wildman–Crippen MR) is 90.9 cm³/mol. The van der Waals surface area contributed by atoms with Gasteiger partial charge in [-0.15, -0.1) is 0 Å². The summed E-state index contributed by atoms with van der Waals surface area (Å²) in [4.78, 5) is 28.7. The lowest BCUT2D eigenvalue weighted by Crippen LogP contribution is -2.31. The Hall–Kier alpha value is -1.79. The van der Waals surface area contributed by atoms with Gasteiger partial charge in [0, 0.05) is 35.5 Å². The highest BCUT2D eigenvalue weighted by molar-refractivity contribution is 7.99. The Morgan fingerprint density at radius 3 is 3.04 bits per heavy atom. The van der Waals surface area contributed by atoms with E-state index in [-0.39, 0.29) is 23.9 Å². The van der Waals surface area contributed by atoms with E-state index < -0.39 is 0 Å². The number of carbonyl (C=O) groups is 1. The Morgan fingerprint density at radius 2 is 2.26 bits per heavy atom. The van der Waals surface area contributed by atoms with Crippen LogP contribution in [-0.4, -0.2) is 21.2 Å². The quantitative estimate of drug-likeness (QED) is 0.862. The highest BCUT2D eigenvalue weighted by atomic mass is 35.5. The van der Waals surface area contributed by atoms with E-state index in [4.69, 9.17) is 11.6 Å². The highest BCUT2D eigenvalue weighted by Crippen LogP contribution is 2.31. The third-order valence-corrected chi connectivity index (χ3v) is 5.24. The average Bonchev–Trinajstić information content (AvgIpc) is 2.94. The van der Waals surface area contributed by atoms with Gasteiger partial charge in [-0.1, -0.05) is 41.6 Å². The molecule has 2 heterocycles. The van der Waals surface area contributed by atoms with Gasteiger partial charge in [-0.2, -0.15) is 0 Å². The number of hydrogen-bond acceptors (Lipinski definition) is 4. The molecule has 7 heteroatoms. The fourth-order valence-electron chi connectivity index (χ4n) is 2.49. The Labute approximate surface area is 143 Å². The molecule has 5 nitrogen and oxygen atoms in total. The van der Waals surface area contributed by atoms with Gasteiger partial charge in [-0.05, 0) is 18.6 Å². The number of thioether (sulfide) groups is 1. The van der Waals surface area contributed by atoms with Gasteiger partial charge in [0.05, 0.1) is 6.04 Å². The molecule has 0 radical (unpaired) electrons. The Morgan fingerprint density at radius 1 is 1.48 bits per heavy atom. The lowest BCUT2D eigenvalue weighted by atomic mass is 10.2. The van der Waals surface area contributed by atoms with Crippen LogP contribution in [0.15, 0.2) is 40.4 Å². The Bertz CT molecular complexity index is 806. The van der Waals surface area contributed by atoms with Gasteiger partial charge in [0.1, 0.15) is 0 Å². The topological polar surface area (TPSA) is 64.0 Å². The molecule has 1 aromatic heterocycles. The van der Waals surface area contributed by atoms with Crippen LogP contribution >= 0.6 is 23.4 Å². The number of fused-ring (bicyclic) bond motifs is 1. The SMILES string of the molecule is Cc1cnc2n(c1=O)[C@H](CC(=O)NCc1ccccc1Cl)CS2. The number of rotatable bonds is 4. The maximum absolute atomic E-state index is 12.2. The van der Waals surface area contributed by atoms with E-state index in [1.807, 2.05) is 18.2 Å². The third-order valence-electron chi connectivity index (χ3n) is 3.76. The first-order chi connectivity index (χ1) is 11.1. The zero-order valence-corrected chi connectivity index (χ0v) is 14.2. The molecular formula is C16H16ClN3O2S. The number of aryl methyl sites for hydroxylation is 1. The fourth-order valence-corrected chi connectivity index (χ4v) is 3.80. The molecular weight excluding hydrogens is 334 g/mol. The van der Waals surface area contributed by atoms with Crippen molar-refractivity contribution in [1.29, 1.82) is 0 Å². The first-order valence-electron chi connectivity index (χ1n) is 7.27. The minimum Gasteiger partial charge on any atom is -0.352 e. The molecule has 2 aromatic rings. The van der Waals surface area contributed by atoms with Crippen molar-refractivity contribution >= 4 is 29.3 Å². The van der Waals surface area contributed by atoms with E-state index in [1.54, 1.807) is 23.8 Å². The Balaban J connectivity index is 1.66. The Kier molecular flexibility index (Phi) is 4.73. The molecule has 0 unspecified atom stereocenters. The standard InChI is InChI=1S/C16H16ClN3O2S/c1-10-7-19-16-20(15(10)22)12(9-23-16)6-14(21)18-8-11-4-2-3-5-13(11)17/h2-5,7,12H,6,8-9H2,1H3,(H,18,21)/t12-/m1/s1. The molecule has 1 N–H and O–H groups in total. The zero-order chi connectivity index (χ0) is 16.4. The highest BCUT2D eigenvalue weighted by Gasteiger charge is 2.27. The molecule has 23 heavy (non-hydrogen) atoms. The van der Waals surface area contributed by atoms with Gasteiger partial charge in [-0.25, -0.2) is 4.98 Å².